The zero-order chi connectivity index (χ0) is 12.4. The molecule has 0 radical (unpaired) electrons. The van der Waals surface area contributed by atoms with Gasteiger partial charge in [-0.1, -0.05) is 0 Å². The van der Waals surface area contributed by atoms with Crippen LogP contribution in [0, 0.1) is 0 Å². The Bertz CT molecular complexity index is 487. The first-order chi connectivity index (χ1) is 8.83. The van der Waals surface area contributed by atoms with Crippen molar-refractivity contribution in [3.63, 3.8) is 0 Å². The quantitative estimate of drug-likeness (QED) is 0.824. The van der Waals surface area contributed by atoms with Gasteiger partial charge in [-0.15, -0.1) is 0 Å². The number of nitrogens with one attached hydrogen (secondary N) is 1. The highest BCUT2D eigenvalue weighted by Crippen LogP contribution is 2.19. The highest BCUT2D eigenvalue weighted by atomic mass is 16.5. The minimum absolute atomic E-state index is 0.297. The summed E-state index contributed by atoms with van der Waals surface area (Å²) in [6.07, 6.45) is 6.36. The molecule has 0 aliphatic carbocycles. The molecule has 3 N–H and O–H groups in total. The molecule has 3 rings (SSSR count). The molecule has 0 unspecified atom stereocenters. The SMILES string of the molecule is N[C@@H](Cc1cnc[nH]1)c1nc(N2CCCC2)no1. The fraction of sp³-hybridized carbons (Fsp3) is 0.545. The molecule has 7 nitrogen and oxygen atoms in total. The Balaban J connectivity index is 1.68. The standard InChI is InChI=1S/C11H16N6O/c12-9(5-8-6-13-7-14-8)10-15-11(16-18-10)17-3-1-2-4-17/h6-7,9H,1-5,12H2,(H,13,14)/t9-/m0/s1. The van der Waals surface area contributed by atoms with Crippen LogP contribution in [0.1, 0.15) is 30.5 Å². The van der Waals surface area contributed by atoms with E-state index in [4.69, 9.17) is 10.3 Å². The van der Waals surface area contributed by atoms with E-state index in [1.807, 2.05) is 0 Å². The lowest BCUT2D eigenvalue weighted by atomic mass is 10.2. The van der Waals surface area contributed by atoms with Gasteiger partial charge in [0.2, 0.25) is 5.89 Å². The largest absolute Gasteiger partial charge is 0.348 e. The first kappa shape index (κ1) is 11.2. The van der Waals surface area contributed by atoms with Crippen LogP contribution in [0.15, 0.2) is 17.0 Å². The molecule has 7 heteroatoms. The van der Waals surface area contributed by atoms with Gasteiger partial charge in [-0.3, -0.25) is 0 Å². The Kier molecular flexibility index (Phi) is 2.97. The summed E-state index contributed by atoms with van der Waals surface area (Å²) in [5.74, 6) is 1.13. The smallest absolute Gasteiger partial charge is 0.266 e. The predicted molar refractivity (Wildman–Crippen MR) is 65.0 cm³/mol. The maximum atomic E-state index is 6.04. The molecule has 0 spiro atoms. The molecule has 0 bridgehead atoms. The topological polar surface area (TPSA) is 96.9 Å². The second kappa shape index (κ2) is 4.77. The number of aromatic nitrogens is 4. The van der Waals surface area contributed by atoms with Gasteiger partial charge < -0.3 is 20.1 Å². The van der Waals surface area contributed by atoms with E-state index < -0.39 is 0 Å². The molecule has 1 saturated heterocycles. The third-order valence-electron chi connectivity index (χ3n) is 3.13. The van der Waals surface area contributed by atoms with E-state index in [1.54, 1.807) is 12.5 Å². The zero-order valence-electron chi connectivity index (χ0n) is 10.0. The Hall–Kier alpha value is -1.89. The molecule has 0 saturated carbocycles. The number of anilines is 1. The van der Waals surface area contributed by atoms with Gasteiger partial charge in [0, 0.05) is 31.4 Å². The van der Waals surface area contributed by atoms with E-state index in [0.29, 0.717) is 18.3 Å². The van der Waals surface area contributed by atoms with E-state index in [1.165, 1.54) is 12.8 Å². The normalized spacial score (nSPS) is 17.3. The number of aromatic amines is 1. The number of hydrogen-bond acceptors (Lipinski definition) is 6. The molecule has 1 aliphatic rings. The van der Waals surface area contributed by atoms with Crippen LogP contribution in [0.2, 0.25) is 0 Å². The van der Waals surface area contributed by atoms with Crippen LogP contribution in [0.25, 0.3) is 0 Å². The maximum Gasteiger partial charge on any atom is 0.266 e. The van der Waals surface area contributed by atoms with Crippen molar-refractivity contribution < 1.29 is 4.52 Å². The molecule has 2 aromatic rings. The van der Waals surface area contributed by atoms with E-state index in [-0.39, 0.29) is 6.04 Å². The fourth-order valence-electron chi connectivity index (χ4n) is 2.14. The highest BCUT2D eigenvalue weighted by molar-refractivity contribution is 5.29. The molecule has 1 atom stereocenters. The van der Waals surface area contributed by atoms with E-state index in [9.17, 15) is 0 Å². The van der Waals surface area contributed by atoms with E-state index >= 15 is 0 Å². The van der Waals surface area contributed by atoms with Gasteiger partial charge in [0.15, 0.2) is 0 Å². The van der Waals surface area contributed by atoms with Crippen LogP contribution in [-0.4, -0.2) is 33.2 Å². The number of H-pyrrole nitrogens is 1. The summed E-state index contributed by atoms with van der Waals surface area (Å²) >= 11 is 0. The van der Waals surface area contributed by atoms with Crippen LogP contribution in [0.4, 0.5) is 5.95 Å². The number of nitrogens with zero attached hydrogens (tertiary/aromatic N) is 4. The van der Waals surface area contributed by atoms with Gasteiger partial charge in [-0.2, -0.15) is 4.98 Å². The van der Waals surface area contributed by atoms with Crippen molar-refractivity contribution in [1.29, 1.82) is 0 Å². The number of nitrogens with two attached hydrogens (primary N) is 1. The first-order valence-corrected chi connectivity index (χ1v) is 6.14. The van der Waals surface area contributed by atoms with Gasteiger partial charge >= 0.3 is 0 Å². The monoisotopic (exact) mass is 248 g/mol. The third-order valence-corrected chi connectivity index (χ3v) is 3.13. The van der Waals surface area contributed by atoms with Gasteiger partial charge in [-0.05, 0) is 18.0 Å². The third kappa shape index (κ3) is 2.21. The van der Waals surface area contributed by atoms with Crippen LogP contribution in [-0.2, 0) is 6.42 Å². The average Bonchev–Trinajstić information content (AvgIpc) is 3.11. The van der Waals surface area contributed by atoms with Crippen LogP contribution < -0.4 is 10.6 Å². The van der Waals surface area contributed by atoms with Crippen molar-refractivity contribution in [2.75, 3.05) is 18.0 Å². The first-order valence-electron chi connectivity index (χ1n) is 6.14. The van der Waals surface area contributed by atoms with Crippen molar-refractivity contribution in [3.05, 3.63) is 24.1 Å². The molecule has 96 valence electrons. The van der Waals surface area contributed by atoms with Crippen molar-refractivity contribution in [3.8, 4) is 0 Å². The molecule has 2 aromatic heterocycles. The lowest BCUT2D eigenvalue weighted by molar-refractivity contribution is 0.353. The average molecular weight is 248 g/mol. The Morgan fingerprint density at radius 2 is 2.28 bits per heavy atom. The number of imidazole rings is 1. The molecular formula is C11H16N6O. The van der Waals surface area contributed by atoms with Crippen LogP contribution in [0.5, 0.6) is 0 Å². The van der Waals surface area contributed by atoms with Crippen LogP contribution in [0.3, 0.4) is 0 Å². The molecule has 0 amide bonds. The summed E-state index contributed by atoms with van der Waals surface area (Å²) in [5, 5.41) is 3.98. The lowest BCUT2D eigenvalue weighted by Gasteiger charge is -2.10. The second-order valence-corrected chi connectivity index (χ2v) is 4.51. The van der Waals surface area contributed by atoms with E-state index in [2.05, 4.69) is 25.0 Å². The van der Waals surface area contributed by atoms with Crippen molar-refractivity contribution in [2.24, 2.45) is 5.73 Å². The Labute approximate surface area is 104 Å². The molecule has 18 heavy (non-hydrogen) atoms. The van der Waals surface area contributed by atoms with Gasteiger partial charge in [-0.25, -0.2) is 4.98 Å². The summed E-state index contributed by atoms with van der Waals surface area (Å²) in [7, 11) is 0. The van der Waals surface area contributed by atoms with Gasteiger partial charge in [0.25, 0.3) is 5.95 Å². The summed E-state index contributed by atoms with van der Waals surface area (Å²) in [6, 6.07) is -0.297. The van der Waals surface area contributed by atoms with Gasteiger partial charge in [0.05, 0.1) is 12.4 Å². The summed E-state index contributed by atoms with van der Waals surface area (Å²) in [6.45, 7) is 1.99. The van der Waals surface area contributed by atoms with Crippen molar-refractivity contribution in [2.45, 2.75) is 25.3 Å². The summed E-state index contributed by atoms with van der Waals surface area (Å²) in [4.78, 5) is 13.4. The lowest BCUT2D eigenvalue weighted by Crippen LogP contribution is -2.19. The second-order valence-electron chi connectivity index (χ2n) is 4.51. The zero-order valence-corrected chi connectivity index (χ0v) is 10.0. The number of hydrogen-bond donors (Lipinski definition) is 2. The molecule has 3 heterocycles. The summed E-state index contributed by atoms with van der Waals surface area (Å²) in [5.41, 5.74) is 7.00. The van der Waals surface area contributed by atoms with Gasteiger partial charge in [0.1, 0.15) is 0 Å². The minimum atomic E-state index is -0.297. The summed E-state index contributed by atoms with van der Waals surface area (Å²) < 4.78 is 5.23. The molecule has 0 aromatic carbocycles. The maximum absolute atomic E-state index is 6.04. The van der Waals surface area contributed by atoms with Crippen LogP contribution >= 0.6 is 0 Å². The number of rotatable bonds is 4. The minimum Gasteiger partial charge on any atom is -0.348 e. The predicted octanol–water partition coefficient (Wildman–Crippen LogP) is 0.635. The highest BCUT2D eigenvalue weighted by Gasteiger charge is 2.21. The Morgan fingerprint density at radius 3 is 3.00 bits per heavy atom. The van der Waals surface area contributed by atoms with Crippen molar-refractivity contribution in [1.82, 2.24) is 20.1 Å². The Morgan fingerprint density at radius 1 is 1.44 bits per heavy atom. The fourth-order valence-corrected chi connectivity index (χ4v) is 2.14. The van der Waals surface area contributed by atoms with Crippen molar-refractivity contribution >= 4 is 5.95 Å². The molecule has 1 fully saturated rings. The molecule has 1 aliphatic heterocycles. The van der Waals surface area contributed by atoms with E-state index in [0.717, 1.165) is 18.8 Å². The molecular weight excluding hydrogens is 232 g/mol.